The lowest BCUT2D eigenvalue weighted by Gasteiger charge is -2.08. The maximum atomic E-state index is 11.4. The molecule has 0 unspecified atom stereocenters. The molecule has 0 saturated heterocycles. The summed E-state index contributed by atoms with van der Waals surface area (Å²) in [4.78, 5) is 22.0. The van der Waals surface area contributed by atoms with Crippen LogP contribution in [0.25, 0.3) is 0 Å². The van der Waals surface area contributed by atoms with Gasteiger partial charge in [-0.3, -0.25) is 9.59 Å². The van der Waals surface area contributed by atoms with Crippen LogP contribution in [0.4, 0.5) is 11.4 Å². The van der Waals surface area contributed by atoms with Gasteiger partial charge in [0.2, 0.25) is 11.8 Å². The number of anilines is 2. The number of carbonyl (C=O) groups excluding carboxylic acids is 2. The fraction of sp³-hybridized carbons (Fsp3) is 0.273. The van der Waals surface area contributed by atoms with Crippen LogP contribution in [0, 0.1) is 0 Å². The first-order chi connectivity index (χ1) is 7.49. The Morgan fingerprint density at radius 3 is 2.31 bits per heavy atom. The molecule has 1 aromatic rings. The van der Waals surface area contributed by atoms with Gasteiger partial charge in [-0.2, -0.15) is 0 Å². The van der Waals surface area contributed by atoms with Crippen LogP contribution in [0.1, 0.15) is 13.8 Å². The predicted molar refractivity (Wildman–Crippen MR) is 67.8 cm³/mol. The standard InChI is InChI=1S/C11H13BrN2O2/c1-7(12)11(16)14-10-5-3-4-9(6-10)13-8(2)15/h3-7H,1-2H3,(H,13,15)(H,14,16)/t7-/m1/s1. The fourth-order valence-corrected chi connectivity index (χ4v) is 1.23. The minimum Gasteiger partial charge on any atom is -0.326 e. The van der Waals surface area contributed by atoms with Crippen LogP contribution >= 0.6 is 15.9 Å². The normalized spacial score (nSPS) is 11.7. The fourth-order valence-electron chi connectivity index (χ4n) is 1.12. The van der Waals surface area contributed by atoms with Crippen molar-refractivity contribution < 1.29 is 9.59 Å². The van der Waals surface area contributed by atoms with Gasteiger partial charge in [-0.25, -0.2) is 0 Å². The van der Waals surface area contributed by atoms with Gasteiger partial charge in [0.15, 0.2) is 0 Å². The molecule has 86 valence electrons. The van der Waals surface area contributed by atoms with E-state index in [0.29, 0.717) is 11.4 Å². The molecular weight excluding hydrogens is 272 g/mol. The highest BCUT2D eigenvalue weighted by molar-refractivity contribution is 9.10. The van der Waals surface area contributed by atoms with E-state index in [1.54, 1.807) is 31.2 Å². The van der Waals surface area contributed by atoms with Crippen molar-refractivity contribution >= 4 is 39.1 Å². The van der Waals surface area contributed by atoms with Gasteiger partial charge >= 0.3 is 0 Å². The van der Waals surface area contributed by atoms with Gasteiger partial charge in [-0.1, -0.05) is 22.0 Å². The smallest absolute Gasteiger partial charge is 0.237 e. The zero-order chi connectivity index (χ0) is 12.1. The summed E-state index contributed by atoms with van der Waals surface area (Å²) in [7, 11) is 0. The molecule has 16 heavy (non-hydrogen) atoms. The molecule has 0 aliphatic carbocycles. The SMILES string of the molecule is CC(=O)Nc1cccc(NC(=O)[C@@H](C)Br)c1. The summed E-state index contributed by atoms with van der Waals surface area (Å²) < 4.78 is 0. The Kier molecular flexibility index (Phi) is 4.49. The van der Waals surface area contributed by atoms with E-state index in [4.69, 9.17) is 0 Å². The highest BCUT2D eigenvalue weighted by Gasteiger charge is 2.08. The second-order valence-electron chi connectivity index (χ2n) is 3.37. The number of nitrogens with one attached hydrogen (secondary N) is 2. The van der Waals surface area contributed by atoms with Gasteiger partial charge in [-0.15, -0.1) is 0 Å². The third-order valence-corrected chi connectivity index (χ3v) is 2.23. The topological polar surface area (TPSA) is 58.2 Å². The van der Waals surface area contributed by atoms with Crippen molar-refractivity contribution in [3.8, 4) is 0 Å². The molecule has 0 fully saturated rings. The summed E-state index contributed by atoms with van der Waals surface area (Å²) in [6.07, 6.45) is 0. The number of alkyl halides is 1. The van der Waals surface area contributed by atoms with E-state index in [1.165, 1.54) is 6.92 Å². The van der Waals surface area contributed by atoms with Crippen molar-refractivity contribution in [1.82, 2.24) is 0 Å². The minimum atomic E-state index is -0.253. The number of amides is 2. The maximum Gasteiger partial charge on any atom is 0.237 e. The van der Waals surface area contributed by atoms with E-state index in [2.05, 4.69) is 26.6 Å². The highest BCUT2D eigenvalue weighted by Crippen LogP contribution is 2.15. The highest BCUT2D eigenvalue weighted by atomic mass is 79.9. The first kappa shape index (κ1) is 12.7. The number of halogens is 1. The average Bonchev–Trinajstić information content (AvgIpc) is 2.16. The molecule has 0 spiro atoms. The van der Waals surface area contributed by atoms with Crippen LogP contribution in [0.15, 0.2) is 24.3 Å². The molecule has 1 aromatic carbocycles. The third-order valence-electron chi connectivity index (χ3n) is 1.81. The van der Waals surface area contributed by atoms with E-state index >= 15 is 0 Å². The molecule has 0 saturated carbocycles. The Morgan fingerprint density at radius 1 is 1.25 bits per heavy atom. The molecule has 0 aliphatic rings. The molecule has 0 radical (unpaired) electrons. The molecule has 1 atom stereocenters. The summed E-state index contributed by atoms with van der Waals surface area (Å²) in [5.74, 6) is -0.266. The minimum absolute atomic E-state index is 0.125. The Hall–Kier alpha value is -1.36. The van der Waals surface area contributed by atoms with Gasteiger partial charge in [0, 0.05) is 18.3 Å². The maximum absolute atomic E-state index is 11.4. The summed E-state index contributed by atoms with van der Waals surface area (Å²) in [5.41, 5.74) is 1.31. The molecule has 0 heterocycles. The van der Waals surface area contributed by atoms with Gasteiger partial charge in [0.05, 0.1) is 4.83 Å². The van der Waals surface area contributed by atoms with E-state index < -0.39 is 0 Å². The zero-order valence-corrected chi connectivity index (χ0v) is 10.7. The Morgan fingerprint density at radius 2 is 1.81 bits per heavy atom. The predicted octanol–water partition coefficient (Wildman–Crippen LogP) is 2.37. The Bertz CT molecular complexity index is 405. The largest absolute Gasteiger partial charge is 0.326 e. The van der Waals surface area contributed by atoms with Crippen molar-refractivity contribution in [3.63, 3.8) is 0 Å². The van der Waals surface area contributed by atoms with E-state index in [9.17, 15) is 9.59 Å². The molecule has 5 heteroatoms. The number of rotatable bonds is 3. The van der Waals surface area contributed by atoms with Crippen molar-refractivity contribution in [2.45, 2.75) is 18.7 Å². The first-order valence-corrected chi connectivity index (χ1v) is 5.73. The summed E-state index contributed by atoms with van der Waals surface area (Å²) >= 11 is 3.17. The second kappa shape index (κ2) is 5.65. The lowest BCUT2D eigenvalue weighted by atomic mass is 10.2. The van der Waals surface area contributed by atoms with Crippen LogP contribution in [0.5, 0.6) is 0 Å². The summed E-state index contributed by atoms with van der Waals surface area (Å²) in [6, 6.07) is 6.99. The number of hydrogen-bond donors (Lipinski definition) is 2. The molecule has 1 rings (SSSR count). The summed E-state index contributed by atoms with van der Waals surface area (Å²) in [6.45, 7) is 3.18. The van der Waals surface area contributed by atoms with Crippen molar-refractivity contribution in [3.05, 3.63) is 24.3 Å². The lowest BCUT2D eigenvalue weighted by molar-refractivity contribution is -0.115. The molecule has 2 N–H and O–H groups in total. The van der Waals surface area contributed by atoms with Crippen LogP contribution < -0.4 is 10.6 Å². The van der Waals surface area contributed by atoms with Gasteiger partial charge < -0.3 is 10.6 Å². The van der Waals surface area contributed by atoms with Gasteiger partial charge in [0.25, 0.3) is 0 Å². The van der Waals surface area contributed by atoms with Gasteiger partial charge in [0.1, 0.15) is 0 Å². The van der Waals surface area contributed by atoms with E-state index in [1.807, 2.05) is 0 Å². The van der Waals surface area contributed by atoms with Crippen molar-refractivity contribution in [2.24, 2.45) is 0 Å². The van der Waals surface area contributed by atoms with Crippen LogP contribution in [-0.2, 0) is 9.59 Å². The van der Waals surface area contributed by atoms with Crippen LogP contribution in [0.3, 0.4) is 0 Å². The monoisotopic (exact) mass is 284 g/mol. The Labute approximate surface area is 103 Å². The Balaban J connectivity index is 2.74. The van der Waals surface area contributed by atoms with Crippen molar-refractivity contribution in [1.29, 1.82) is 0 Å². The second-order valence-corrected chi connectivity index (χ2v) is 4.74. The van der Waals surface area contributed by atoms with Crippen LogP contribution in [-0.4, -0.2) is 16.6 Å². The lowest BCUT2D eigenvalue weighted by Crippen LogP contribution is -2.19. The number of benzene rings is 1. The van der Waals surface area contributed by atoms with Crippen LogP contribution in [0.2, 0.25) is 0 Å². The molecule has 0 bridgehead atoms. The molecule has 0 aliphatic heterocycles. The summed E-state index contributed by atoms with van der Waals surface area (Å²) in [5, 5.41) is 5.36. The molecular formula is C11H13BrN2O2. The first-order valence-electron chi connectivity index (χ1n) is 4.81. The van der Waals surface area contributed by atoms with E-state index in [-0.39, 0.29) is 16.6 Å². The quantitative estimate of drug-likeness (QED) is 0.838. The molecule has 4 nitrogen and oxygen atoms in total. The average molecular weight is 285 g/mol. The number of hydrogen-bond acceptors (Lipinski definition) is 2. The number of carbonyl (C=O) groups is 2. The third kappa shape index (κ3) is 4.02. The van der Waals surface area contributed by atoms with E-state index in [0.717, 1.165) is 0 Å². The zero-order valence-electron chi connectivity index (χ0n) is 9.08. The van der Waals surface area contributed by atoms with Crippen molar-refractivity contribution in [2.75, 3.05) is 10.6 Å². The molecule has 2 amide bonds. The van der Waals surface area contributed by atoms with Gasteiger partial charge in [-0.05, 0) is 25.1 Å². The molecule has 0 aromatic heterocycles.